The van der Waals surface area contributed by atoms with Crippen LogP contribution >= 0.6 is 0 Å². The summed E-state index contributed by atoms with van der Waals surface area (Å²) in [5.41, 5.74) is -3.61. The maximum absolute atomic E-state index is 14.6. The molecule has 46 heavy (non-hydrogen) atoms. The van der Waals surface area contributed by atoms with E-state index in [-0.39, 0.29) is 17.6 Å². The third-order valence-corrected chi connectivity index (χ3v) is 9.18. The van der Waals surface area contributed by atoms with Crippen molar-refractivity contribution in [2.24, 2.45) is 23.2 Å². The van der Waals surface area contributed by atoms with Crippen LogP contribution in [-0.2, 0) is 42.9 Å². The van der Waals surface area contributed by atoms with E-state index in [1.165, 1.54) is 26.0 Å². The van der Waals surface area contributed by atoms with Crippen LogP contribution in [0.2, 0.25) is 0 Å². The van der Waals surface area contributed by atoms with Gasteiger partial charge in [0.2, 0.25) is 0 Å². The number of hydrogen-bond acceptors (Lipinski definition) is 11. The molecule has 1 saturated carbocycles. The molecule has 1 N–H and O–H groups in total. The number of carbonyl (C=O) groups excluding carboxylic acids is 5. The van der Waals surface area contributed by atoms with Crippen LogP contribution in [0.25, 0.3) is 0 Å². The minimum absolute atomic E-state index is 0.147. The van der Waals surface area contributed by atoms with Crippen LogP contribution in [0.1, 0.15) is 72.2 Å². The molecule has 2 aliphatic carbocycles. The lowest BCUT2D eigenvalue weighted by Crippen LogP contribution is -2.79. The lowest BCUT2D eigenvalue weighted by molar-refractivity contribution is -0.331. The van der Waals surface area contributed by atoms with E-state index in [1.54, 1.807) is 71.9 Å². The molecule has 250 valence electrons. The molecule has 3 fully saturated rings. The van der Waals surface area contributed by atoms with Gasteiger partial charge in [-0.05, 0) is 19.1 Å². The summed E-state index contributed by atoms with van der Waals surface area (Å²) < 4.78 is 29.6. The first-order valence-corrected chi connectivity index (χ1v) is 15.5. The predicted octanol–water partition coefficient (Wildman–Crippen LogP) is 3.91. The molecule has 11 nitrogen and oxygen atoms in total. The minimum atomic E-state index is -1.75. The Kier molecular flexibility index (Phi) is 9.71. The second kappa shape index (κ2) is 12.8. The number of carbonyl (C=O) groups is 5. The van der Waals surface area contributed by atoms with Crippen molar-refractivity contribution in [1.82, 2.24) is 0 Å². The van der Waals surface area contributed by atoms with Crippen molar-refractivity contribution < 1.29 is 52.8 Å². The molecule has 2 saturated heterocycles. The molecule has 5 rings (SSSR count). The first-order chi connectivity index (χ1) is 21.3. The third-order valence-electron chi connectivity index (χ3n) is 9.18. The van der Waals surface area contributed by atoms with Crippen molar-refractivity contribution in [3.05, 3.63) is 60.2 Å². The highest BCUT2D eigenvalue weighted by atomic mass is 16.6. The Morgan fingerprint density at radius 2 is 1.50 bits per heavy atom. The summed E-state index contributed by atoms with van der Waals surface area (Å²) in [4.78, 5) is 66.1. The molecule has 4 aliphatic rings. The van der Waals surface area contributed by atoms with E-state index < -0.39 is 94.6 Å². The van der Waals surface area contributed by atoms with Crippen LogP contribution < -0.4 is 0 Å². The molecule has 0 radical (unpaired) electrons. The molecule has 1 spiro atoms. The van der Waals surface area contributed by atoms with Crippen LogP contribution in [0.4, 0.5) is 0 Å². The maximum Gasteiger partial charge on any atom is 0.338 e. The van der Waals surface area contributed by atoms with Crippen LogP contribution in [-0.4, -0.2) is 76.5 Å². The molecule has 2 heterocycles. The molecule has 1 aromatic carbocycles. The van der Waals surface area contributed by atoms with Gasteiger partial charge in [0.05, 0.1) is 11.5 Å². The van der Waals surface area contributed by atoms with Gasteiger partial charge in [0.15, 0.2) is 11.9 Å². The molecule has 9 atom stereocenters. The van der Waals surface area contributed by atoms with Gasteiger partial charge in [-0.1, -0.05) is 71.5 Å². The van der Waals surface area contributed by atoms with Crippen molar-refractivity contribution in [3.63, 3.8) is 0 Å². The summed E-state index contributed by atoms with van der Waals surface area (Å²) in [5, 5.41) is 12.0. The van der Waals surface area contributed by atoms with E-state index in [1.807, 2.05) is 0 Å². The van der Waals surface area contributed by atoms with Crippen LogP contribution in [0, 0.1) is 23.2 Å². The number of Topliss-reactive ketones (excluding diaryl/α,β-unsaturated/α-hetero) is 1. The highest BCUT2D eigenvalue weighted by molar-refractivity contribution is 5.95. The number of aliphatic hydroxyl groups is 1. The summed E-state index contributed by atoms with van der Waals surface area (Å²) in [5.74, 6) is -5.97. The highest BCUT2D eigenvalue weighted by Gasteiger charge is 2.74. The van der Waals surface area contributed by atoms with Crippen molar-refractivity contribution in [2.45, 2.75) is 104 Å². The Morgan fingerprint density at radius 3 is 2.04 bits per heavy atom. The van der Waals surface area contributed by atoms with E-state index in [0.29, 0.717) is 0 Å². The van der Waals surface area contributed by atoms with E-state index in [0.717, 1.165) is 0 Å². The largest absolute Gasteiger partial charge is 0.459 e. The Morgan fingerprint density at radius 1 is 0.935 bits per heavy atom. The average molecular weight is 641 g/mol. The van der Waals surface area contributed by atoms with Gasteiger partial charge in [-0.2, -0.15) is 0 Å². The second-order valence-corrected chi connectivity index (χ2v) is 13.7. The summed E-state index contributed by atoms with van der Waals surface area (Å²) in [7, 11) is 0. The number of benzene rings is 1. The summed E-state index contributed by atoms with van der Waals surface area (Å²) >= 11 is 0. The van der Waals surface area contributed by atoms with Gasteiger partial charge >= 0.3 is 23.9 Å². The number of esters is 4. The average Bonchev–Trinajstić information content (AvgIpc) is 2.96. The number of ketones is 1. The van der Waals surface area contributed by atoms with Gasteiger partial charge in [-0.25, -0.2) is 4.79 Å². The molecular formula is C35H44O11. The molecule has 0 aromatic heterocycles. The third kappa shape index (κ3) is 6.40. The van der Waals surface area contributed by atoms with Gasteiger partial charge in [-0.3, -0.25) is 19.2 Å². The van der Waals surface area contributed by atoms with Gasteiger partial charge < -0.3 is 28.8 Å². The fourth-order valence-electron chi connectivity index (χ4n) is 6.74. The normalized spacial score (nSPS) is 35.1. The fraction of sp³-hybridized carbons (Fsp3) is 0.571. The number of aliphatic hydroxyl groups excluding tert-OH is 1. The molecule has 2 aliphatic heterocycles. The SMILES string of the molecule is C=C1[C@H](OC(=O)C(C)C)C2C(=O)[C@@]3(C[C@@](C)(O3)[C@@H]2OC(C)=O)[C@@H](C)C=CC(C)(C)[C@H](OC(C)=O)[C@H](O)[C@H]1OC(=O)c1ccccc1. The predicted molar refractivity (Wildman–Crippen MR) is 164 cm³/mol. The van der Waals surface area contributed by atoms with Crippen molar-refractivity contribution in [2.75, 3.05) is 0 Å². The molecule has 3 bridgehead atoms. The Bertz CT molecular complexity index is 1420. The standard InChI is InChI=1S/C35H44O11/c1-18(2)31(40)44-26-20(4)27(45-32(41)23-13-11-10-12-14-23)25(38)30(43-22(6)37)33(7,8)16-15-19(3)35-17-34(9,46-35)29(42-21(5)36)24(26)28(35)39/h10-16,18-19,24-27,29-30,38H,4,17H2,1-3,5-9H3/t19-,24?,25+,26-,27-,29+,30+,34+,35+/m0/s1. The minimum Gasteiger partial charge on any atom is -0.459 e. The van der Waals surface area contributed by atoms with Crippen molar-refractivity contribution in [3.8, 4) is 0 Å². The summed E-state index contributed by atoms with van der Waals surface area (Å²) in [6.07, 6.45) is -3.80. The molecule has 0 amide bonds. The first kappa shape index (κ1) is 35.0. The number of ether oxygens (including phenoxy) is 5. The Balaban J connectivity index is 1.97. The van der Waals surface area contributed by atoms with E-state index in [2.05, 4.69) is 6.58 Å². The quantitative estimate of drug-likeness (QED) is 0.274. The molecule has 1 aromatic rings. The second-order valence-electron chi connectivity index (χ2n) is 13.7. The van der Waals surface area contributed by atoms with Crippen LogP contribution in [0.3, 0.4) is 0 Å². The smallest absolute Gasteiger partial charge is 0.338 e. The zero-order chi connectivity index (χ0) is 34.4. The lowest BCUT2D eigenvalue weighted by Gasteiger charge is -2.65. The first-order valence-electron chi connectivity index (χ1n) is 15.5. The zero-order valence-corrected chi connectivity index (χ0v) is 27.6. The van der Waals surface area contributed by atoms with Crippen LogP contribution in [0.5, 0.6) is 0 Å². The Hall–Kier alpha value is -3.83. The van der Waals surface area contributed by atoms with Crippen LogP contribution in [0.15, 0.2) is 54.6 Å². The monoisotopic (exact) mass is 640 g/mol. The summed E-state index contributed by atoms with van der Waals surface area (Å²) in [6.45, 7) is 16.7. The van der Waals surface area contributed by atoms with E-state index in [4.69, 9.17) is 23.7 Å². The van der Waals surface area contributed by atoms with Crippen molar-refractivity contribution in [1.29, 1.82) is 0 Å². The molecule has 1 unspecified atom stereocenters. The van der Waals surface area contributed by atoms with Gasteiger partial charge in [0.25, 0.3) is 0 Å². The maximum atomic E-state index is 14.6. The molecular weight excluding hydrogens is 596 g/mol. The molecule has 11 heteroatoms. The van der Waals surface area contributed by atoms with Gasteiger partial charge in [0.1, 0.15) is 41.5 Å². The highest BCUT2D eigenvalue weighted by Crippen LogP contribution is 2.58. The Labute approximate surface area is 269 Å². The van der Waals surface area contributed by atoms with E-state index in [9.17, 15) is 29.1 Å². The number of hydrogen-bond donors (Lipinski definition) is 1. The van der Waals surface area contributed by atoms with Gasteiger partial charge in [-0.15, -0.1) is 0 Å². The topological polar surface area (TPSA) is 152 Å². The van der Waals surface area contributed by atoms with Gasteiger partial charge in [0, 0.05) is 37.2 Å². The number of rotatable bonds is 6. The van der Waals surface area contributed by atoms with Crippen molar-refractivity contribution >= 4 is 29.7 Å². The summed E-state index contributed by atoms with van der Waals surface area (Å²) in [6, 6.07) is 7.99. The van der Waals surface area contributed by atoms with E-state index >= 15 is 0 Å². The fourth-order valence-corrected chi connectivity index (χ4v) is 6.74. The lowest BCUT2D eigenvalue weighted by atomic mass is 9.56. The zero-order valence-electron chi connectivity index (χ0n) is 27.6.